The first-order chi connectivity index (χ1) is 14.0. The second-order valence-corrected chi connectivity index (χ2v) is 8.12. The molecule has 4 rings (SSSR count). The van der Waals surface area contributed by atoms with Crippen molar-refractivity contribution in [3.63, 3.8) is 0 Å². The SMILES string of the molecule is CCn1c(=NC(=O)COc2ccc(C(C)C)cc2)sc2cc3c(cc21)OCCO3. The minimum Gasteiger partial charge on any atom is -0.486 e. The molecule has 0 bridgehead atoms. The zero-order chi connectivity index (χ0) is 20.4. The first kappa shape index (κ1) is 19.5. The van der Waals surface area contributed by atoms with Gasteiger partial charge in [0.05, 0.1) is 10.2 Å². The van der Waals surface area contributed by atoms with Gasteiger partial charge >= 0.3 is 0 Å². The second kappa shape index (κ2) is 8.29. The van der Waals surface area contributed by atoms with Crippen LogP contribution in [-0.4, -0.2) is 30.3 Å². The Labute approximate surface area is 173 Å². The van der Waals surface area contributed by atoms with Gasteiger partial charge < -0.3 is 18.8 Å². The Morgan fingerprint density at radius 3 is 2.52 bits per heavy atom. The fourth-order valence-electron chi connectivity index (χ4n) is 3.23. The van der Waals surface area contributed by atoms with Crippen LogP contribution < -0.4 is 19.0 Å². The molecule has 2 aromatic carbocycles. The van der Waals surface area contributed by atoms with Gasteiger partial charge in [-0.05, 0) is 30.5 Å². The molecule has 0 aliphatic carbocycles. The fraction of sp³-hybridized carbons (Fsp3) is 0.364. The van der Waals surface area contributed by atoms with E-state index in [2.05, 4.69) is 18.8 Å². The Morgan fingerprint density at radius 1 is 1.17 bits per heavy atom. The summed E-state index contributed by atoms with van der Waals surface area (Å²) in [5.41, 5.74) is 2.22. The van der Waals surface area contributed by atoms with Crippen LogP contribution in [0, 0.1) is 0 Å². The third kappa shape index (κ3) is 4.15. The van der Waals surface area contributed by atoms with Crippen LogP contribution in [0.3, 0.4) is 0 Å². The van der Waals surface area contributed by atoms with E-state index in [1.807, 2.05) is 47.9 Å². The number of fused-ring (bicyclic) bond motifs is 2. The van der Waals surface area contributed by atoms with E-state index in [0.29, 0.717) is 36.2 Å². The van der Waals surface area contributed by atoms with Gasteiger partial charge in [0.1, 0.15) is 19.0 Å². The summed E-state index contributed by atoms with van der Waals surface area (Å²) in [7, 11) is 0. The third-order valence-corrected chi connectivity index (χ3v) is 5.83. The molecular formula is C22H24N2O4S. The molecule has 0 N–H and O–H groups in total. The second-order valence-electron chi connectivity index (χ2n) is 7.11. The van der Waals surface area contributed by atoms with Gasteiger partial charge in [-0.2, -0.15) is 4.99 Å². The Morgan fingerprint density at radius 2 is 1.86 bits per heavy atom. The van der Waals surface area contributed by atoms with Gasteiger partial charge in [-0.25, -0.2) is 0 Å². The van der Waals surface area contributed by atoms with Gasteiger partial charge in [-0.15, -0.1) is 0 Å². The van der Waals surface area contributed by atoms with Crippen LogP contribution in [0.5, 0.6) is 17.2 Å². The van der Waals surface area contributed by atoms with Crippen LogP contribution in [0.4, 0.5) is 0 Å². The standard InChI is InChI=1S/C22H24N2O4S/c1-4-24-17-11-18-19(27-10-9-26-18)12-20(17)29-22(24)23-21(25)13-28-16-7-5-15(6-8-16)14(2)3/h5-8,11-12,14H,4,9-10,13H2,1-3H3. The van der Waals surface area contributed by atoms with Crippen molar-refractivity contribution < 1.29 is 19.0 Å². The molecule has 0 saturated carbocycles. The lowest BCUT2D eigenvalue weighted by atomic mass is 10.0. The summed E-state index contributed by atoms with van der Waals surface area (Å²) in [6, 6.07) is 11.7. The molecule has 1 aliphatic rings. The largest absolute Gasteiger partial charge is 0.486 e. The van der Waals surface area contributed by atoms with Crippen molar-refractivity contribution in [1.82, 2.24) is 4.57 Å². The molecule has 0 unspecified atom stereocenters. The number of aryl methyl sites for hydroxylation is 1. The van der Waals surface area contributed by atoms with E-state index in [1.165, 1.54) is 16.9 Å². The molecule has 29 heavy (non-hydrogen) atoms. The Bertz CT molecular complexity index is 1100. The van der Waals surface area contributed by atoms with Crippen molar-refractivity contribution >= 4 is 27.5 Å². The number of benzene rings is 2. The number of rotatable bonds is 5. The Kier molecular flexibility index (Phi) is 5.58. The van der Waals surface area contributed by atoms with Gasteiger partial charge in [0.25, 0.3) is 5.91 Å². The molecule has 0 fully saturated rings. The first-order valence-electron chi connectivity index (χ1n) is 9.78. The average molecular weight is 413 g/mol. The zero-order valence-corrected chi connectivity index (χ0v) is 17.6. The van der Waals surface area contributed by atoms with Crippen molar-refractivity contribution in [1.29, 1.82) is 0 Å². The van der Waals surface area contributed by atoms with Crippen LogP contribution in [0.1, 0.15) is 32.3 Å². The topological polar surface area (TPSA) is 62.1 Å². The summed E-state index contributed by atoms with van der Waals surface area (Å²) in [5, 5.41) is 0. The minimum absolute atomic E-state index is 0.0955. The quantitative estimate of drug-likeness (QED) is 0.632. The monoisotopic (exact) mass is 412 g/mol. The molecule has 6 nitrogen and oxygen atoms in total. The Balaban J connectivity index is 1.55. The van der Waals surface area contributed by atoms with Gasteiger partial charge in [0, 0.05) is 18.7 Å². The summed E-state index contributed by atoms with van der Waals surface area (Å²) in [5.74, 6) is 2.28. The maximum atomic E-state index is 12.4. The van der Waals surface area contributed by atoms with E-state index in [-0.39, 0.29) is 12.5 Å². The molecule has 2 heterocycles. The minimum atomic E-state index is -0.316. The number of carbonyl (C=O) groups excluding carboxylic acids is 1. The van der Waals surface area contributed by atoms with Crippen molar-refractivity contribution in [3.8, 4) is 17.2 Å². The number of hydrogen-bond donors (Lipinski definition) is 0. The molecule has 0 spiro atoms. The number of aromatic nitrogens is 1. The average Bonchev–Trinajstić information content (AvgIpc) is 3.06. The molecule has 0 saturated heterocycles. The van der Waals surface area contributed by atoms with Crippen molar-refractivity contribution in [2.75, 3.05) is 19.8 Å². The first-order valence-corrected chi connectivity index (χ1v) is 10.6. The van der Waals surface area contributed by atoms with Gasteiger partial charge in [-0.1, -0.05) is 37.3 Å². The molecule has 0 radical (unpaired) electrons. The zero-order valence-electron chi connectivity index (χ0n) is 16.8. The number of ether oxygens (including phenoxy) is 3. The predicted octanol–water partition coefficient (Wildman–Crippen LogP) is 4.12. The lowest BCUT2D eigenvalue weighted by Gasteiger charge is -2.18. The summed E-state index contributed by atoms with van der Waals surface area (Å²) in [4.78, 5) is 17.4. The highest BCUT2D eigenvalue weighted by atomic mass is 32.1. The molecule has 1 aromatic heterocycles. The van der Waals surface area contributed by atoms with Crippen molar-refractivity contribution in [3.05, 3.63) is 46.8 Å². The van der Waals surface area contributed by atoms with Crippen LogP contribution >= 0.6 is 11.3 Å². The number of amides is 1. The summed E-state index contributed by atoms with van der Waals surface area (Å²) >= 11 is 1.46. The molecule has 152 valence electrons. The highest BCUT2D eigenvalue weighted by Crippen LogP contribution is 2.35. The van der Waals surface area contributed by atoms with Crippen LogP contribution in [0.2, 0.25) is 0 Å². The highest BCUT2D eigenvalue weighted by Gasteiger charge is 2.16. The number of carbonyl (C=O) groups is 1. The summed E-state index contributed by atoms with van der Waals surface area (Å²) in [6.45, 7) is 7.99. The number of hydrogen-bond acceptors (Lipinski definition) is 5. The number of thiazole rings is 1. The van der Waals surface area contributed by atoms with Crippen LogP contribution in [0.25, 0.3) is 10.2 Å². The lowest BCUT2D eigenvalue weighted by Crippen LogP contribution is -2.19. The fourth-order valence-corrected chi connectivity index (χ4v) is 4.35. The van der Waals surface area contributed by atoms with Crippen molar-refractivity contribution in [2.45, 2.75) is 33.2 Å². The van der Waals surface area contributed by atoms with E-state index in [4.69, 9.17) is 14.2 Å². The molecule has 3 aromatic rings. The lowest BCUT2D eigenvalue weighted by molar-refractivity contribution is -0.120. The van der Waals surface area contributed by atoms with Crippen LogP contribution in [0.15, 0.2) is 41.4 Å². The summed E-state index contributed by atoms with van der Waals surface area (Å²) < 4.78 is 20.0. The Hall–Kier alpha value is -2.80. The smallest absolute Gasteiger partial charge is 0.286 e. The molecule has 1 amide bonds. The molecule has 7 heteroatoms. The highest BCUT2D eigenvalue weighted by molar-refractivity contribution is 7.16. The maximum absolute atomic E-state index is 12.4. The normalized spacial score (nSPS) is 13.9. The van der Waals surface area contributed by atoms with E-state index >= 15 is 0 Å². The van der Waals surface area contributed by atoms with Gasteiger partial charge in [0.2, 0.25) is 0 Å². The third-order valence-electron chi connectivity index (χ3n) is 4.79. The van der Waals surface area contributed by atoms with Gasteiger partial charge in [0.15, 0.2) is 22.9 Å². The van der Waals surface area contributed by atoms with Crippen LogP contribution in [-0.2, 0) is 11.3 Å². The van der Waals surface area contributed by atoms with E-state index in [9.17, 15) is 4.79 Å². The van der Waals surface area contributed by atoms with Gasteiger partial charge in [-0.3, -0.25) is 4.79 Å². The van der Waals surface area contributed by atoms with Crippen molar-refractivity contribution in [2.24, 2.45) is 4.99 Å². The van der Waals surface area contributed by atoms with E-state index in [0.717, 1.165) is 21.7 Å². The molecule has 1 aliphatic heterocycles. The van der Waals surface area contributed by atoms with E-state index < -0.39 is 0 Å². The van der Waals surface area contributed by atoms with E-state index in [1.54, 1.807) is 0 Å². The number of nitrogens with zero attached hydrogens (tertiary/aromatic N) is 2. The summed E-state index contributed by atoms with van der Waals surface area (Å²) in [6.07, 6.45) is 0. The molecule has 0 atom stereocenters. The maximum Gasteiger partial charge on any atom is 0.286 e. The predicted molar refractivity (Wildman–Crippen MR) is 113 cm³/mol. The molecular weight excluding hydrogens is 388 g/mol.